The number of amides is 1. The van der Waals surface area contributed by atoms with Crippen molar-refractivity contribution in [2.45, 2.75) is 39.8 Å². The molecule has 0 saturated heterocycles. The average molecular weight is 402 g/mol. The number of nitrogens with one attached hydrogen (secondary N) is 1. The fourth-order valence-electron chi connectivity index (χ4n) is 3.16. The van der Waals surface area contributed by atoms with Gasteiger partial charge in [0.2, 0.25) is 5.91 Å². The van der Waals surface area contributed by atoms with Crippen LogP contribution in [0.3, 0.4) is 0 Å². The number of carbonyl (C=O) groups is 1. The van der Waals surface area contributed by atoms with Crippen LogP contribution in [-0.4, -0.2) is 32.6 Å². The van der Waals surface area contributed by atoms with E-state index in [4.69, 9.17) is 16.3 Å². The molecule has 1 amide bonds. The number of carbonyl (C=O) groups excluding carboxylic acids is 1. The quantitative estimate of drug-likeness (QED) is 0.649. The van der Waals surface area contributed by atoms with Crippen molar-refractivity contribution in [3.63, 3.8) is 0 Å². The number of hydrogen-bond donors (Lipinski definition) is 1. The molecule has 0 aliphatic carbocycles. The van der Waals surface area contributed by atoms with Gasteiger partial charge in [-0.3, -0.25) is 14.2 Å². The Morgan fingerprint density at radius 2 is 2.14 bits per heavy atom. The maximum atomic E-state index is 12.8. The largest absolute Gasteiger partial charge is 0.497 e. The third kappa shape index (κ3) is 4.20. The van der Waals surface area contributed by atoms with E-state index in [-0.39, 0.29) is 5.91 Å². The van der Waals surface area contributed by atoms with Gasteiger partial charge in [-0.25, -0.2) is 0 Å². The van der Waals surface area contributed by atoms with Crippen molar-refractivity contribution in [3.8, 4) is 5.75 Å². The molecule has 3 aromatic rings. The second-order valence-electron chi connectivity index (χ2n) is 6.61. The molecule has 0 aliphatic rings. The van der Waals surface area contributed by atoms with Crippen LogP contribution in [0.4, 0.5) is 5.69 Å². The van der Waals surface area contributed by atoms with Gasteiger partial charge in [0, 0.05) is 6.20 Å². The molecule has 28 heavy (non-hydrogen) atoms. The Hall–Kier alpha value is -2.80. The average Bonchev–Trinajstić information content (AvgIpc) is 3.21. The second-order valence-corrected chi connectivity index (χ2v) is 7.04. The summed E-state index contributed by atoms with van der Waals surface area (Å²) in [5, 5.41) is 12.3. The predicted molar refractivity (Wildman–Crippen MR) is 109 cm³/mol. The standard InChI is InChI=1S/C20H24ClN5O2/c1-5-18(26-12-16(21)10-22-26)20(27)23-19-13(2)24-25(14(19)3)11-15-7-6-8-17(9-15)28-4/h6-10,12,18H,5,11H2,1-4H3,(H,23,27). The van der Waals surface area contributed by atoms with Gasteiger partial charge in [-0.15, -0.1) is 0 Å². The maximum Gasteiger partial charge on any atom is 0.249 e. The van der Waals surface area contributed by atoms with E-state index in [1.807, 2.05) is 49.7 Å². The van der Waals surface area contributed by atoms with Gasteiger partial charge >= 0.3 is 0 Å². The van der Waals surface area contributed by atoms with Crippen molar-refractivity contribution >= 4 is 23.2 Å². The minimum absolute atomic E-state index is 0.144. The van der Waals surface area contributed by atoms with E-state index in [9.17, 15) is 4.79 Å². The summed E-state index contributed by atoms with van der Waals surface area (Å²) in [7, 11) is 1.65. The Balaban J connectivity index is 1.80. The lowest BCUT2D eigenvalue weighted by Gasteiger charge is -2.15. The fourth-order valence-corrected chi connectivity index (χ4v) is 3.30. The van der Waals surface area contributed by atoms with Crippen LogP contribution < -0.4 is 10.1 Å². The van der Waals surface area contributed by atoms with E-state index in [1.165, 1.54) is 6.20 Å². The van der Waals surface area contributed by atoms with Crippen LogP contribution in [0.1, 0.15) is 36.3 Å². The molecule has 1 unspecified atom stereocenters. The van der Waals surface area contributed by atoms with Crippen molar-refractivity contribution in [2.75, 3.05) is 12.4 Å². The highest BCUT2D eigenvalue weighted by atomic mass is 35.5. The molecular formula is C20H24ClN5O2. The van der Waals surface area contributed by atoms with E-state index in [0.717, 1.165) is 28.4 Å². The molecule has 2 aromatic heterocycles. The zero-order chi connectivity index (χ0) is 20.3. The number of halogens is 1. The molecule has 2 heterocycles. The molecule has 0 fully saturated rings. The summed E-state index contributed by atoms with van der Waals surface area (Å²) in [6, 6.07) is 7.41. The monoisotopic (exact) mass is 401 g/mol. The lowest BCUT2D eigenvalue weighted by molar-refractivity contribution is -0.119. The van der Waals surface area contributed by atoms with E-state index < -0.39 is 6.04 Å². The number of aryl methyl sites for hydroxylation is 1. The first-order chi connectivity index (χ1) is 13.4. The van der Waals surface area contributed by atoms with Crippen molar-refractivity contribution < 1.29 is 9.53 Å². The number of benzene rings is 1. The van der Waals surface area contributed by atoms with Crippen LogP contribution in [-0.2, 0) is 11.3 Å². The number of ether oxygens (including phenoxy) is 1. The Kier molecular flexibility index (Phi) is 6.04. The molecule has 0 spiro atoms. The smallest absolute Gasteiger partial charge is 0.249 e. The maximum absolute atomic E-state index is 12.8. The zero-order valence-electron chi connectivity index (χ0n) is 16.4. The van der Waals surface area contributed by atoms with Crippen LogP contribution in [0.15, 0.2) is 36.7 Å². The number of aromatic nitrogens is 4. The first kappa shape index (κ1) is 19.9. The minimum atomic E-state index is -0.437. The fraction of sp³-hybridized carbons (Fsp3) is 0.350. The molecule has 0 radical (unpaired) electrons. The highest BCUT2D eigenvalue weighted by Crippen LogP contribution is 2.24. The van der Waals surface area contributed by atoms with Crippen molar-refractivity contribution in [1.29, 1.82) is 0 Å². The molecule has 0 aliphatic heterocycles. The van der Waals surface area contributed by atoms with Crippen LogP contribution in [0, 0.1) is 13.8 Å². The van der Waals surface area contributed by atoms with Gasteiger partial charge < -0.3 is 10.1 Å². The van der Waals surface area contributed by atoms with Crippen LogP contribution in [0.2, 0.25) is 5.02 Å². The van der Waals surface area contributed by atoms with Gasteiger partial charge in [-0.1, -0.05) is 30.7 Å². The molecule has 8 heteroatoms. The summed E-state index contributed by atoms with van der Waals surface area (Å²) in [5.74, 6) is 0.658. The highest BCUT2D eigenvalue weighted by molar-refractivity contribution is 6.30. The number of rotatable bonds is 7. The SMILES string of the molecule is CCC(C(=O)Nc1c(C)nn(Cc2cccc(OC)c2)c1C)n1cc(Cl)cn1. The topological polar surface area (TPSA) is 74.0 Å². The lowest BCUT2D eigenvalue weighted by atomic mass is 10.2. The van der Waals surface area contributed by atoms with Gasteiger partial charge in [-0.05, 0) is 38.0 Å². The second kappa shape index (κ2) is 8.48. The summed E-state index contributed by atoms with van der Waals surface area (Å²) in [5.41, 5.74) is 3.45. The minimum Gasteiger partial charge on any atom is -0.497 e. The molecule has 148 valence electrons. The molecule has 0 saturated carbocycles. The summed E-state index contributed by atoms with van der Waals surface area (Å²) in [6.07, 6.45) is 3.78. The van der Waals surface area contributed by atoms with E-state index in [0.29, 0.717) is 18.0 Å². The number of anilines is 1. The Morgan fingerprint density at radius 3 is 2.79 bits per heavy atom. The predicted octanol–water partition coefficient (Wildman–Crippen LogP) is 4.00. The zero-order valence-corrected chi connectivity index (χ0v) is 17.2. The third-order valence-corrected chi connectivity index (χ3v) is 4.87. The summed E-state index contributed by atoms with van der Waals surface area (Å²) >= 11 is 5.94. The van der Waals surface area contributed by atoms with E-state index in [2.05, 4.69) is 15.5 Å². The number of hydrogen-bond acceptors (Lipinski definition) is 4. The van der Waals surface area contributed by atoms with Crippen molar-refractivity contribution in [3.05, 3.63) is 58.6 Å². The third-order valence-electron chi connectivity index (χ3n) is 4.67. The first-order valence-corrected chi connectivity index (χ1v) is 9.48. The van der Waals surface area contributed by atoms with Gasteiger partial charge in [-0.2, -0.15) is 10.2 Å². The van der Waals surface area contributed by atoms with Gasteiger partial charge in [0.25, 0.3) is 0 Å². The van der Waals surface area contributed by atoms with E-state index >= 15 is 0 Å². The molecular weight excluding hydrogens is 378 g/mol. The van der Waals surface area contributed by atoms with Gasteiger partial charge in [0.05, 0.1) is 41.9 Å². The number of methoxy groups -OCH3 is 1. The molecule has 1 atom stereocenters. The molecule has 1 aromatic carbocycles. The van der Waals surface area contributed by atoms with Crippen LogP contribution in [0.5, 0.6) is 5.75 Å². The van der Waals surface area contributed by atoms with Crippen molar-refractivity contribution in [1.82, 2.24) is 19.6 Å². The summed E-state index contributed by atoms with van der Waals surface area (Å²) in [6.45, 7) is 6.36. The van der Waals surface area contributed by atoms with Crippen LogP contribution >= 0.6 is 11.6 Å². The summed E-state index contributed by atoms with van der Waals surface area (Å²) < 4.78 is 8.75. The number of nitrogens with zero attached hydrogens (tertiary/aromatic N) is 4. The Bertz CT molecular complexity index is 979. The van der Waals surface area contributed by atoms with Crippen molar-refractivity contribution in [2.24, 2.45) is 0 Å². The summed E-state index contributed by atoms with van der Waals surface area (Å²) in [4.78, 5) is 12.8. The Morgan fingerprint density at radius 1 is 1.36 bits per heavy atom. The van der Waals surface area contributed by atoms with E-state index in [1.54, 1.807) is 18.0 Å². The molecule has 7 nitrogen and oxygen atoms in total. The first-order valence-electron chi connectivity index (χ1n) is 9.10. The Labute approximate surface area is 169 Å². The molecule has 1 N–H and O–H groups in total. The molecule has 3 rings (SSSR count). The highest BCUT2D eigenvalue weighted by Gasteiger charge is 2.22. The normalized spacial score (nSPS) is 12.0. The lowest BCUT2D eigenvalue weighted by Crippen LogP contribution is -2.26. The molecule has 0 bridgehead atoms. The van der Waals surface area contributed by atoms with Gasteiger partial charge in [0.1, 0.15) is 11.8 Å². The van der Waals surface area contributed by atoms with Crippen LogP contribution in [0.25, 0.3) is 0 Å². The van der Waals surface area contributed by atoms with Gasteiger partial charge in [0.15, 0.2) is 0 Å².